The number of aryl methyl sites for hydroxylation is 2. The van der Waals surface area contributed by atoms with Crippen molar-refractivity contribution in [2.24, 2.45) is 0 Å². The van der Waals surface area contributed by atoms with Gasteiger partial charge in [0.15, 0.2) is 0 Å². The fraction of sp³-hybridized carbons (Fsp3) is 0.278. The highest BCUT2D eigenvalue weighted by atomic mass is 32.2. The maximum absolute atomic E-state index is 12.4. The van der Waals surface area contributed by atoms with E-state index in [1.165, 1.54) is 33.3 Å². The van der Waals surface area contributed by atoms with Crippen molar-refractivity contribution in [3.8, 4) is 5.75 Å². The summed E-state index contributed by atoms with van der Waals surface area (Å²) in [5.41, 5.74) is 3.00. The Morgan fingerprint density at radius 2 is 1.72 bits per heavy atom. The van der Waals surface area contributed by atoms with Crippen molar-refractivity contribution in [1.29, 1.82) is 0 Å². The van der Waals surface area contributed by atoms with Crippen LogP contribution in [0.1, 0.15) is 21.5 Å². The number of carbonyl (C=O) groups is 1. The molecule has 0 unspecified atom stereocenters. The number of nitrogens with one attached hydrogen (secondary N) is 1. The predicted octanol–water partition coefficient (Wildman–Crippen LogP) is 2.81. The van der Waals surface area contributed by atoms with E-state index in [0.29, 0.717) is 11.3 Å². The lowest BCUT2D eigenvalue weighted by atomic mass is 10.1. The van der Waals surface area contributed by atoms with Crippen molar-refractivity contribution in [3.63, 3.8) is 0 Å². The van der Waals surface area contributed by atoms with Crippen molar-refractivity contribution in [2.45, 2.75) is 18.7 Å². The second-order valence-corrected chi connectivity index (χ2v) is 8.03. The molecule has 2 aromatic carbocycles. The third-order valence-electron chi connectivity index (χ3n) is 3.95. The Bertz CT molecular complexity index is 905. The molecule has 0 aromatic heterocycles. The molecule has 6 nitrogen and oxygen atoms in total. The van der Waals surface area contributed by atoms with Gasteiger partial charge in [-0.2, -0.15) is 0 Å². The molecule has 2 aromatic rings. The first-order valence-corrected chi connectivity index (χ1v) is 9.10. The lowest BCUT2D eigenvalue weighted by Crippen LogP contribution is -2.23. The van der Waals surface area contributed by atoms with Crippen LogP contribution in [0.2, 0.25) is 0 Å². The van der Waals surface area contributed by atoms with E-state index in [9.17, 15) is 13.2 Å². The number of carbonyl (C=O) groups excluding carboxylic acids is 1. The van der Waals surface area contributed by atoms with E-state index in [1.807, 2.05) is 19.9 Å². The van der Waals surface area contributed by atoms with Crippen molar-refractivity contribution in [3.05, 3.63) is 53.1 Å². The van der Waals surface area contributed by atoms with Crippen molar-refractivity contribution < 1.29 is 17.9 Å². The minimum atomic E-state index is -3.70. The van der Waals surface area contributed by atoms with E-state index in [-0.39, 0.29) is 16.6 Å². The van der Waals surface area contributed by atoms with Crippen LogP contribution >= 0.6 is 0 Å². The number of anilines is 1. The summed E-state index contributed by atoms with van der Waals surface area (Å²) in [5.74, 6) is -0.0839. The number of ether oxygens (including phenoxy) is 1. The average Bonchev–Trinajstić information content (AvgIpc) is 2.57. The number of benzene rings is 2. The molecule has 0 spiro atoms. The van der Waals surface area contributed by atoms with Gasteiger partial charge < -0.3 is 10.1 Å². The number of amides is 1. The summed E-state index contributed by atoms with van der Waals surface area (Å²) in [6.07, 6.45) is 0. The number of hydrogen-bond donors (Lipinski definition) is 1. The normalized spacial score (nSPS) is 11.4. The summed E-state index contributed by atoms with van der Waals surface area (Å²) < 4.78 is 31.1. The highest BCUT2D eigenvalue weighted by molar-refractivity contribution is 7.89. The molecule has 0 bridgehead atoms. The summed E-state index contributed by atoms with van der Waals surface area (Å²) in [4.78, 5) is 12.4. The zero-order chi connectivity index (χ0) is 18.8. The average molecular weight is 362 g/mol. The molecular formula is C18H22N2O4S. The van der Waals surface area contributed by atoms with Crippen molar-refractivity contribution in [1.82, 2.24) is 4.31 Å². The maximum atomic E-state index is 12.4. The molecule has 1 N–H and O–H groups in total. The Morgan fingerprint density at radius 3 is 2.28 bits per heavy atom. The molecule has 0 aliphatic carbocycles. The molecule has 0 fully saturated rings. The fourth-order valence-electron chi connectivity index (χ4n) is 2.24. The van der Waals surface area contributed by atoms with E-state index in [1.54, 1.807) is 18.2 Å². The largest absolute Gasteiger partial charge is 0.495 e. The van der Waals surface area contributed by atoms with Crippen LogP contribution in [0.4, 0.5) is 5.69 Å². The quantitative estimate of drug-likeness (QED) is 0.887. The lowest BCUT2D eigenvalue weighted by Gasteiger charge is -2.16. The molecule has 0 aliphatic rings. The Hall–Kier alpha value is -2.38. The zero-order valence-corrected chi connectivity index (χ0v) is 15.8. The van der Waals surface area contributed by atoms with Crippen LogP contribution in [-0.4, -0.2) is 39.8 Å². The van der Waals surface area contributed by atoms with Crippen LogP contribution < -0.4 is 10.1 Å². The first kappa shape index (κ1) is 19.0. The minimum absolute atomic E-state index is 0.00196. The van der Waals surface area contributed by atoms with Crippen LogP contribution in [0.5, 0.6) is 5.75 Å². The summed E-state index contributed by atoms with van der Waals surface area (Å²) in [6.45, 7) is 3.90. The van der Waals surface area contributed by atoms with Gasteiger partial charge in [0.2, 0.25) is 10.0 Å². The zero-order valence-electron chi connectivity index (χ0n) is 15.0. The van der Waals surface area contributed by atoms with Gasteiger partial charge in [0, 0.05) is 25.3 Å². The Labute approximate surface area is 148 Å². The van der Waals surface area contributed by atoms with Crippen LogP contribution in [0.3, 0.4) is 0 Å². The number of sulfonamides is 1. The second kappa shape index (κ2) is 7.25. The first-order valence-electron chi connectivity index (χ1n) is 7.66. The van der Waals surface area contributed by atoms with Gasteiger partial charge in [-0.1, -0.05) is 6.07 Å². The lowest BCUT2D eigenvalue weighted by molar-refractivity contribution is 0.102. The predicted molar refractivity (Wildman–Crippen MR) is 97.7 cm³/mol. The molecule has 1 amide bonds. The minimum Gasteiger partial charge on any atom is -0.495 e. The van der Waals surface area contributed by atoms with Gasteiger partial charge in [-0.25, -0.2) is 12.7 Å². The topological polar surface area (TPSA) is 75.7 Å². The Morgan fingerprint density at radius 1 is 1.04 bits per heavy atom. The number of nitrogens with zero attached hydrogens (tertiary/aromatic N) is 1. The molecule has 134 valence electrons. The highest BCUT2D eigenvalue weighted by Crippen LogP contribution is 2.29. The molecule has 0 saturated carbocycles. The van der Waals surface area contributed by atoms with Gasteiger partial charge in [0.25, 0.3) is 5.91 Å². The number of hydrogen-bond acceptors (Lipinski definition) is 4. The summed E-state index contributed by atoms with van der Waals surface area (Å²) >= 11 is 0. The monoisotopic (exact) mass is 362 g/mol. The van der Waals surface area contributed by atoms with Gasteiger partial charge in [-0.3, -0.25) is 4.79 Å². The number of rotatable bonds is 5. The van der Waals surface area contributed by atoms with E-state index >= 15 is 0 Å². The maximum Gasteiger partial charge on any atom is 0.255 e. The standard InChI is InChI=1S/C18H22N2O4S/c1-12-6-7-14(10-13(12)2)18(21)19-15-8-9-16(24-5)17(11-15)25(22,23)20(3)4/h6-11H,1-5H3,(H,19,21). The third kappa shape index (κ3) is 4.00. The van der Waals surface area contributed by atoms with Gasteiger partial charge in [0.05, 0.1) is 7.11 Å². The van der Waals surface area contributed by atoms with Crippen molar-refractivity contribution >= 4 is 21.6 Å². The van der Waals surface area contributed by atoms with E-state index in [4.69, 9.17) is 4.74 Å². The van der Waals surface area contributed by atoms with Crippen LogP contribution in [-0.2, 0) is 10.0 Å². The molecule has 2 rings (SSSR count). The van der Waals surface area contributed by atoms with Gasteiger partial charge in [-0.05, 0) is 55.3 Å². The van der Waals surface area contributed by atoms with Gasteiger partial charge >= 0.3 is 0 Å². The molecule has 25 heavy (non-hydrogen) atoms. The van der Waals surface area contributed by atoms with Crippen molar-refractivity contribution in [2.75, 3.05) is 26.5 Å². The molecule has 0 radical (unpaired) electrons. The number of methoxy groups -OCH3 is 1. The second-order valence-electron chi connectivity index (χ2n) is 5.91. The van der Waals surface area contributed by atoms with E-state index in [2.05, 4.69) is 5.32 Å². The Balaban J connectivity index is 2.37. The van der Waals surface area contributed by atoms with E-state index in [0.717, 1.165) is 15.4 Å². The summed E-state index contributed by atoms with van der Waals surface area (Å²) in [7, 11) is 0.581. The Kier molecular flexibility index (Phi) is 5.49. The SMILES string of the molecule is COc1ccc(NC(=O)c2ccc(C)c(C)c2)cc1S(=O)(=O)N(C)C. The molecule has 0 saturated heterocycles. The molecule has 7 heteroatoms. The fourth-order valence-corrected chi connectivity index (χ4v) is 3.31. The van der Waals surface area contributed by atoms with Gasteiger partial charge in [-0.15, -0.1) is 0 Å². The molecule has 0 atom stereocenters. The van der Waals surface area contributed by atoms with Crippen LogP contribution in [0, 0.1) is 13.8 Å². The first-order chi connectivity index (χ1) is 11.7. The van der Waals surface area contributed by atoms with E-state index < -0.39 is 10.0 Å². The van der Waals surface area contributed by atoms with Crippen LogP contribution in [0.25, 0.3) is 0 Å². The third-order valence-corrected chi connectivity index (χ3v) is 5.79. The molecular weight excluding hydrogens is 340 g/mol. The summed E-state index contributed by atoms with van der Waals surface area (Å²) in [6, 6.07) is 9.93. The van der Waals surface area contributed by atoms with Crippen LogP contribution in [0.15, 0.2) is 41.3 Å². The highest BCUT2D eigenvalue weighted by Gasteiger charge is 2.23. The summed E-state index contributed by atoms with van der Waals surface area (Å²) in [5, 5.41) is 2.73. The molecule has 0 heterocycles. The smallest absolute Gasteiger partial charge is 0.255 e. The van der Waals surface area contributed by atoms with Gasteiger partial charge in [0.1, 0.15) is 10.6 Å². The molecule has 0 aliphatic heterocycles.